The van der Waals surface area contributed by atoms with Crippen LogP contribution in [0.2, 0.25) is 0 Å². The Hall–Kier alpha value is -0.520. The Kier molecular flexibility index (Phi) is 2.73. The summed E-state index contributed by atoms with van der Waals surface area (Å²) < 4.78 is 5.27. The van der Waals surface area contributed by atoms with Gasteiger partial charge in [-0.25, -0.2) is 0 Å². The highest BCUT2D eigenvalue weighted by Crippen LogP contribution is 2.16. The van der Waals surface area contributed by atoms with E-state index in [2.05, 4.69) is 5.92 Å². The van der Waals surface area contributed by atoms with Gasteiger partial charge in [-0.05, 0) is 12.8 Å². The molecule has 0 aromatic heterocycles. The van der Waals surface area contributed by atoms with Crippen LogP contribution in [0.1, 0.15) is 19.3 Å². The van der Waals surface area contributed by atoms with Crippen LogP contribution in [0.15, 0.2) is 0 Å². The molecular formula is C8H12O2. The Morgan fingerprint density at radius 1 is 1.80 bits per heavy atom. The summed E-state index contributed by atoms with van der Waals surface area (Å²) in [6.45, 7) is 0.821. The number of aliphatic hydroxyl groups is 1. The van der Waals surface area contributed by atoms with E-state index in [9.17, 15) is 0 Å². The van der Waals surface area contributed by atoms with Crippen LogP contribution in [-0.4, -0.2) is 23.9 Å². The molecule has 1 aliphatic rings. The van der Waals surface area contributed by atoms with Crippen molar-refractivity contribution in [2.75, 3.05) is 6.61 Å². The average molecular weight is 140 g/mol. The highest BCUT2D eigenvalue weighted by atomic mass is 16.5. The minimum Gasteiger partial charge on any atom is -0.380 e. The summed E-state index contributed by atoms with van der Waals surface area (Å²) in [6.07, 6.45) is 7.31. The van der Waals surface area contributed by atoms with Gasteiger partial charge in [-0.15, -0.1) is 6.42 Å². The molecule has 10 heavy (non-hydrogen) atoms. The smallest absolute Gasteiger partial charge is 0.116 e. The summed E-state index contributed by atoms with van der Waals surface area (Å²) in [5, 5.41) is 9.00. The Labute approximate surface area is 61.2 Å². The van der Waals surface area contributed by atoms with E-state index in [4.69, 9.17) is 16.3 Å². The first-order valence-corrected chi connectivity index (χ1v) is 3.58. The molecule has 0 bridgehead atoms. The first-order chi connectivity index (χ1) is 4.83. The van der Waals surface area contributed by atoms with E-state index < -0.39 is 6.10 Å². The third-order valence-electron chi connectivity index (χ3n) is 1.70. The number of hydrogen-bond donors (Lipinski definition) is 1. The lowest BCUT2D eigenvalue weighted by Gasteiger charge is -2.09. The molecule has 1 N–H and O–H groups in total. The summed E-state index contributed by atoms with van der Waals surface area (Å²) in [5.41, 5.74) is 0. The second kappa shape index (κ2) is 3.60. The summed E-state index contributed by atoms with van der Waals surface area (Å²) in [5.74, 6) is 2.27. The second-order valence-electron chi connectivity index (χ2n) is 2.55. The molecule has 2 nitrogen and oxygen atoms in total. The Balaban J connectivity index is 2.19. The summed E-state index contributed by atoms with van der Waals surface area (Å²) in [6, 6.07) is 0. The monoisotopic (exact) mass is 140 g/mol. The van der Waals surface area contributed by atoms with Crippen LogP contribution in [0.5, 0.6) is 0 Å². The molecule has 1 rings (SSSR count). The van der Waals surface area contributed by atoms with E-state index in [1.807, 2.05) is 0 Å². The minimum absolute atomic E-state index is 0.200. The highest BCUT2D eigenvalue weighted by Gasteiger charge is 2.17. The van der Waals surface area contributed by atoms with Crippen LogP contribution in [0.4, 0.5) is 0 Å². The van der Waals surface area contributed by atoms with E-state index in [0.717, 1.165) is 19.4 Å². The van der Waals surface area contributed by atoms with Crippen molar-refractivity contribution in [2.24, 2.45) is 0 Å². The summed E-state index contributed by atoms with van der Waals surface area (Å²) in [7, 11) is 0. The maximum absolute atomic E-state index is 9.00. The standard InChI is InChI=1S/C8H12O2/c1-2-7(9)6-8-4-3-5-10-8/h1,7-9H,3-6H2. The second-order valence-corrected chi connectivity index (χ2v) is 2.55. The van der Waals surface area contributed by atoms with E-state index in [0.29, 0.717) is 6.42 Å². The van der Waals surface area contributed by atoms with Crippen LogP contribution in [0.25, 0.3) is 0 Å². The molecule has 1 fully saturated rings. The minimum atomic E-state index is -0.622. The zero-order chi connectivity index (χ0) is 7.40. The molecule has 1 saturated heterocycles. The van der Waals surface area contributed by atoms with Gasteiger partial charge in [-0.2, -0.15) is 0 Å². The molecular weight excluding hydrogens is 128 g/mol. The van der Waals surface area contributed by atoms with E-state index in [-0.39, 0.29) is 6.10 Å². The number of terminal acetylenes is 1. The lowest BCUT2D eigenvalue weighted by molar-refractivity contribution is 0.0718. The van der Waals surface area contributed by atoms with Gasteiger partial charge in [0.05, 0.1) is 6.10 Å². The van der Waals surface area contributed by atoms with E-state index >= 15 is 0 Å². The fourth-order valence-electron chi connectivity index (χ4n) is 1.15. The van der Waals surface area contributed by atoms with Crippen LogP contribution in [0.3, 0.4) is 0 Å². The van der Waals surface area contributed by atoms with Crippen molar-refractivity contribution >= 4 is 0 Å². The van der Waals surface area contributed by atoms with Gasteiger partial charge in [0.1, 0.15) is 6.10 Å². The average Bonchev–Trinajstić information content (AvgIpc) is 2.40. The molecule has 2 unspecified atom stereocenters. The van der Waals surface area contributed by atoms with Crippen LogP contribution >= 0.6 is 0 Å². The van der Waals surface area contributed by atoms with Crippen molar-refractivity contribution in [3.63, 3.8) is 0 Å². The topological polar surface area (TPSA) is 29.5 Å². The van der Waals surface area contributed by atoms with Gasteiger partial charge in [0, 0.05) is 13.0 Å². The third kappa shape index (κ3) is 2.02. The van der Waals surface area contributed by atoms with Crippen molar-refractivity contribution in [2.45, 2.75) is 31.5 Å². The van der Waals surface area contributed by atoms with Gasteiger partial charge in [0.2, 0.25) is 0 Å². The van der Waals surface area contributed by atoms with Gasteiger partial charge in [-0.3, -0.25) is 0 Å². The van der Waals surface area contributed by atoms with Crippen molar-refractivity contribution < 1.29 is 9.84 Å². The van der Waals surface area contributed by atoms with Crippen molar-refractivity contribution in [1.82, 2.24) is 0 Å². The fourth-order valence-corrected chi connectivity index (χ4v) is 1.15. The predicted molar refractivity (Wildman–Crippen MR) is 38.4 cm³/mol. The molecule has 2 atom stereocenters. The van der Waals surface area contributed by atoms with Gasteiger partial charge < -0.3 is 9.84 Å². The SMILES string of the molecule is C#CC(O)CC1CCCO1. The van der Waals surface area contributed by atoms with Crippen molar-refractivity contribution in [3.05, 3.63) is 0 Å². The number of rotatable bonds is 2. The Morgan fingerprint density at radius 2 is 2.60 bits per heavy atom. The Bertz CT molecular complexity index is 131. The molecule has 2 heteroatoms. The quantitative estimate of drug-likeness (QED) is 0.567. The maximum atomic E-state index is 9.00. The Morgan fingerprint density at radius 3 is 3.10 bits per heavy atom. The predicted octanol–water partition coefficient (Wildman–Crippen LogP) is 0.550. The molecule has 0 radical (unpaired) electrons. The van der Waals surface area contributed by atoms with E-state index in [1.165, 1.54) is 0 Å². The zero-order valence-electron chi connectivity index (χ0n) is 5.92. The van der Waals surface area contributed by atoms with Crippen LogP contribution in [-0.2, 0) is 4.74 Å². The normalized spacial score (nSPS) is 27.8. The molecule has 0 amide bonds. The number of hydrogen-bond acceptors (Lipinski definition) is 2. The fraction of sp³-hybridized carbons (Fsp3) is 0.750. The third-order valence-corrected chi connectivity index (χ3v) is 1.70. The van der Waals surface area contributed by atoms with Gasteiger partial charge in [-0.1, -0.05) is 5.92 Å². The van der Waals surface area contributed by atoms with E-state index in [1.54, 1.807) is 0 Å². The molecule has 1 aliphatic heterocycles. The molecule has 56 valence electrons. The zero-order valence-corrected chi connectivity index (χ0v) is 5.92. The lowest BCUT2D eigenvalue weighted by atomic mass is 10.1. The first kappa shape index (κ1) is 7.59. The van der Waals surface area contributed by atoms with Crippen molar-refractivity contribution in [1.29, 1.82) is 0 Å². The molecule has 0 saturated carbocycles. The van der Waals surface area contributed by atoms with Gasteiger partial charge in [0.25, 0.3) is 0 Å². The molecule has 0 aromatic rings. The summed E-state index contributed by atoms with van der Waals surface area (Å²) in [4.78, 5) is 0. The van der Waals surface area contributed by atoms with Crippen molar-refractivity contribution in [3.8, 4) is 12.3 Å². The van der Waals surface area contributed by atoms with Gasteiger partial charge in [0.15, 0.2) is 0 Å². The van der Waals surface area contributed by atoms with Crippen LogP contribution < -0.4 is 0 Å². The lowest BCUT2D eigenvalue weighted by Crippen LogP contribution is -2.14. The number of ether oxygens (including phenoxy) is 1. The molecule has 0 spiro atoms. The molecule has 0 aromatic carbocycles. The first-order valence-electron chi connectivity index (χ1n) is 3.58. The highest BCUT2D eigenvalue weighted by molar-refractivity contribution is 4.94. The molecule has 0 aliphatic carbocycles. The largest absolute Gasteiger partial charge is 0.380 e. The van der Waals surface area contributed by atoms with Gasteiger partial charge >= 0.3 is 0 Å². The molecule has 1 heterocycles. The van der Waals surface area contributed by atoms with Crippen LogP contribution in [0, 0.1) is 12.3 Å². The maximum Gasteiger partial charge on any atom is 0.116 e. The summed E-state index contributed by atoms with van der Waals surface area (Å²) >= 11 is 0. The number of aliphatic hydroxyl groups excluding tert-OH is 1.